The summed E-state index contributed by atoms with van der Waals surface area (Å²) >= 11 is 0. The lowest BCUT2D eigenvalue weighted by atomic mass is 9.70. The van der Waals surface area contributed by atoms with Gasteiger partial charge in [0.05, 0.1) is 13.0 Å². The maximum absolute atomic E-state index is 11.5. The Morgan fingerprint density at radius 1 is 1.36 bits per heavy atom. The first-order chi connectivity index (χ1) is 6.46. The first-order valence-electron chi connectivity index (χ1n) is 5.33. The van der Waals surface area contributed by atoms with Crippen LogP contribution in [-0.2, 0) is 9.53 Å². The Morgan fingerprint density at radius 3 is 2.43 bits per heavy atom. The van der Waals surface area contributed by atoms with Gasteiger partial charge in [0.25, 0.3) is 0 Å². The maximum Gasteiger partial charge on any atom is 0.309 e. The number of carbonyl (C=O) groups is 1. The number of methoxy groups -OCH3 is 1. The lowest BCUT2D eigenvalue weighted by Crippen LogP contribution is -2.48. The van der Waals surface area contributed by atoms with Gasteiger partial charge in [0.15, 0.2) is 0 Å². The van der Waals surface area contributed by atoms with E-state index >= 15 is 0 Å². The minimum Gasteiger partial charge on any atom is -0.469 e. The van der Waals surface area contributed by atoms with E-state index in [1.807, 2.05) is 13.8 Å². The van der Waals surface area contributed by atoms with E-state index in [0.29, 0.717) is 0 Å². The molecule has 0 aliphatic heterocycles. The van der Waals surface area contributed by atoms with Gasteiger partial charge < -0.3 is 10.5 Å². The second-order valence-electron chi connectivity index (χ2n) is 4.84. The summed E-state index contributed by atoms with van der Waals surface area (Å²) in [5, 5.41) is 0. The van der Waals surface area contributed by atoms with Gasteiger partial charge in [-0.05, 0) is 32.6 Å². The molecule has 0 saturated heterocycles. The average molecular weight is 199 g/mol. The molecular weight excluding hydrogens is 178 g/mol. The van der Waals surface area contributed by atoms with Crippen molar-refractivity contribution in [2.24, 2.45) is 17.6 Å². The molecule has 2 N–H and O–H groups in total. The predicted octanol–water partition coefficient (Wildman–Crippen LogP) is 1.70. The van der Waals surface area contributed by atoms with E-state index in [1.54, 1.807) is 0 Å². The molecule has 1 aliphatic rings. The molecule has 0 aromatic rings. The van der Waals surface area contributed by atoms with Crippen molar-refractivity contribution in [2.45, 2.75) is 45.1 Å². The van der Waals surface area contributed by atoms with E-state index < -0.39 is 0 Å². The number of carbonyl (C=O) groups excluding carboxylic acids is 1. The van der Waals surface area contributed by atoms with E-state index in [4.69, 9.17) is 10.5 Å². The van der Waals surface area contributed by atoms with Gasteiger partial charge in [0.2, 0.25) is 0 Å². The number of nitrogens with two attached hydrogens (primary N) is 1. The normalized spacial score (nSPS) is 28.6. The highest BCUT2D eigenvalue weighted by molar-refractivity contribution is 5.73. The van der Waals surface area contributed by atoms with Crippen molar-refractivity contribution < 1.29 is 9.53 Å². The molecule has 14 heavy (non-hydrogen) atoms. The van der Waals surface area contributed by atoms with Gasteiger partial charge >= 0.3 is 5.97 Å². The summed E-state index contributed by atoms with van der Waals surface area (Å²) in [7, 11) is 1.46. The van der Waals surface area contributed by atoms with Crippen molar-refractivity contribution >= 4 is 5.97 Å². The first-order valence-corrected chi connectivity index (χ1v) is 5.33. The SMILES string of the molecule is COC(=O)C1CCCCC1C(C)(C)N. The molecule has 1 fully saturated rings. The van der Waals surface area contributed by atoms with Crippen LogP contribution in [0, 0.1) is 11.8 Å². The zero-order valence-corrected chi connectivity index (χ0v) is 9.38. The fourth-order valence-corrected chi connectivity index (χ4v) is 2.45. The van der Waals surface area contributed by atoms with Crippen LogP contribution in [0.1, 0.15) is 39.5 Å². The molecule has 1 aliphatic carbocycles. The summed E-state index contributed by atoms with van der Waals surface area (Å²) in [6.07, 6.45) is 4.27. The molecule has 3 heteroatoms. The molecule has 0 amide bonds. The van der Waals surface area contributed by atoms with Crippen molar-refractivity contribution in [3.05, 3.63) is 0 Å². The third-order valence-corrected chi connectivity index (χ3v) is 3.23. The van der Waals surface area contributed by atoms with E-state index in [0.717, 1.165) is 19.3 Å². The molecule has 1 rings (SSSR count). The lowest BCUT2D eigenvalue weighted by Gasteiger charge is -2.38. The third kappa shape index (κ3) is 2.47. The summed E-state index contributed by atoms with van der Waals surface area (Å²) in [4.78, 5) is 11.5. The summed E-state index contributed by atoms with van der Waals surface area (Å²) < 4.78 is 4.82. The Labute approximate surface area is 86.0 Å². The fraction of sp³-hybridized carbons (Fsp3) is 0.909. The van der Waals surface area contributed by atoms with Crippen molar-refractivity contribution in [3.8, 4) is 0 Å². The fourth-order valence-electron chi connectivity index (χ4n) is 2.45. The number of hydrogen-bond donors (Lipinski definition) is 1. The number of ether oxygens (including phenoxy) is 1. The second kappa shape index (κ2) is 4.30. The van der Waals surface area contributed by atoms with Gasteiger partial charge in [0, 0.05) is 5.54 Å². The van der Waals surface area contributed by atoms with Gasteiger partial charge in [-0.25, -0.2) is 0 Å². The predicted molar refractivity (Wildman–Crippen MR) is 55.7 cm³/mol. The summed E-state index contributed by atoms with van der Waals surface area (Å²) in [6.45, 7) is 4.00. The maximum atomic E-state index is 11.5. The minimum atomic E-state index is -0.278. The van der Waals surface area contributed by atoms with E-state index in [9.17, 15) is 4.79 Å². The van der Waals surface area contributed by atoms with Crippen LogP contribution < -0.4 is 5.73 Å². The second-order valence-corrected chi connectivity index (χ2v) is 4.84. The minimum absolute atomic E-state index is 0.00810. The van der Waals surface area contributed by atoms with Crippen molar-refractivity contribution in [3.63, 3.8) is 0 Å². The largest absolute Gasteiger partial charge is 0.469 e. The molecule has 3 nitrogen and oxygen atoms in total. The third-order valence-electron chi connectivity index (χ3n) is 3.23. The molecule has 0 spiro atoms. The molecular formula is C11H21NO2. The van der Waals surface area contributed by atoms with Crippen LogP contribution in [0.4, 0.5) is 0 Å². The Hall–Kier alpha value is -0.570. The molecule has 2 unspecified atom stereocenters. The van der Waals surface area contributed by atoms with Crippen LogP contribution in [0.2, 0.25) is 0 Å². The highest BCUT2D eigenvalue weighted by atomic mass is 16.5. The Kier molecular flexibility index (Phi) is 3.53. The zero-order valence-electron chi connectivity index (χ0n) is 9.38. The molecule has 0 radical (unpaired) electrons. The van der Waals surface area contributed by atoms with Crippen LogP contribution in [-0.4, -0.2) is 18.6 Å². The van der Waals surface area contributed by atoms with Crippen LogP contribution in [0.25, 0.3) is 0 Å². The smallest absolute Gasteiger partial charge is 0.309 e. The number of rotatable bonds is 2. The molecule has 0 heterocycles. The molecule has 0 aromatic carbocycles. The van der Waals surface area contributed by atoms with Gasteiger partial charge in [0.1, 0.15) is 0 Å². The number of hydrogen-bond acceptors (Lipinski definition) is 3. The Morgan fingerprint density at radius 2 is 1.93 bits per heavy atom. The summed E-state index contributed by atoms with van der Waals surface area (Å²) in [5.41, 5.74) is 5.81. The van der Waals surface area contributed by atoms with Crippen LogP contribution in [0.5, 0.6) is 0 Å². The zero-order chi connectivity index (χ0) is 10.8. The van der Waals surface area contributed by atoms with E-state index in [-0.39, 0.29) is 23.3 Å². The van der Waals surface area contributed by atoms with Gasteiger partial charge in [-0.1, -0.05) is 12.8 Å². The highest BCUT2D eigenvalue weighted by Gasteiger charge is 2.38. The topological polar surface area (TPSA) is 52.3 Å². The summed E-state index contributed by atoms with van der Waals surface area (Å²) in [6, 6.07) is 0. The van der Waals surface area contributed by atoms with Crippen LogP contribution in [0.15, 0.2) is 0 Å². The Balaban J connectivity index is 2.74. The van der Waals surface area contributed by atoms with Crippen molar-refractivity contribution in [1.82, 2.24) is 0 Å². The van der Waals surface area contributed by atoms with E-state index in [2.05, 4.69) is 0 Å². The monoisotopic (exact) mass is 199 g/mol. The molecule has 0 aromatic heterocycles. The molecule has 2 atom stereocenters. The highest BCUT2D eigenvalue weighted by Crippen LogP contribution is 2.36. The number of esters is 1. The van der Waals surface area contributed by atoms with Crippen LogP contribution in [0.3, 0.4) is 0 Å². The quantitative estimate of drug-likeness (QED) is 0.689. The van der Waals surface area contributed by atoms with Crippen molar-refractivity contribution in [2.75, 3.05) is 7.11 Å². The molecule has 1 saturated carbocycles. The van der Waals surface area contributed by atoms with Gasteiger partial charge in [-0.2, -0.15) is 0 Å². The van der Waals surface area contributed by atoms with E-state index in [1.165, 1.54) is 13.5 Å². The van der Waals surface area contributed by atoms with Gasteiger partial charge in [-0.15, -0.1) is 0 Å². The lowest BCUT2D eigenvalue weighted by molar-refractivity contribution is -0.149. The van der Waals surface area contributed by atoms with Gasteiger partial charge in [-0.3, -0.25) is 4.79 Å². The Bertz CT molecular complexity index is 208. The average Bonchev–Trinajstić information content (AvgIpc) is 2.15. The first kappa shape index (κ1) is 11.5. The van der Waals surface area contributed by atoms with Crippen LogP contribution >= 0.6 is 0 Å². The summed E-state index contributed by atoms with van der Waals surface area (Å²) in [5.74, 6) is 0.186. The molecule has 82 valence electrons. The standard InChI is InChI=1S/C11H21NO2/c1-11(2,12)9-7-5-4-6-8(9)10(13)14-3/h8-9H,4-7,12H2,1-3H3. The molecule has 0 bridgehead atoms. The van der Waals surface area contributed by atoms with Crippen molar-refractivity contribution in [1.29, 1.82) is 0 Å².